The molecule has 0 amide bonds. The molecule has 0 unspecified atom stereocenters. The van der Waals surface area contributed by atoms with Crippen LogP contribution in [0.2, 0.25) is 0 Å². The first-order chi connectivity index (χ1) is 9.20. The first kappa shape index (κ1) is 15.2. The summed E-state index contributed by atoms with van der Waals surface area (Å²) in [6.07, 6.45) is 3.63. The quantitative estimate of drug-likeness (QED) is 0.928. The van der Waals surface area contributed by atoms with Crippen molar-refractivity contribution in [1.82, 2.24) is 0 Å². The molecule has 4 nitrogen and oxygen atoms in total. The zero-order valence-electron chi connectivity index (χ0n) is 11.4. The van der Waals surface area contributed by atoms with Gasteiger partial charge in [0.15, 0.2) is 21.4 Å². The molecule has 20 heavy (non-hydrogen) atoms. The second-order valence-corrected chi connectivity index (χ2v) is 7.17. The molecule has 7 heteroatoms. The van der Waals surface area contributed by atoms with Gasteiger partial charge in [-0.05, 0) is 18.9 Å². The van der Waals surface area contributed by atoms with E-state index in [1.807, 2.05) is 0 Å². The van der Waals surface area contributed by atoms with Gasteiger partial charge in [-0.25, -0.2) is 17.2 Å². The number of benzene rings is 1. The summed E-state index contributed by atoms with van der Waals surface area (Å²) < 4.78 is 56.3. The Bertz CT molecular complexity index is 638. The molecule has 1 aromatic carbocycles. The monoisotopic (exact) mass is 305 g/mol. The number of halogens is 2. The summed E-state index contributed by atoms with van der Waals surface area (Å²) in [5, 5.41) is 0. The van der Waals surface area contributed by atoms with Gasteiger partial charge in [0, 0.05) is 17.4 Å². The van der Waals surface area contributed by atoms with E-state index in [4.69, 9.17) is 10.5 Å². The summed E-state index contributed by atoms with van der Waals surface area (Å²) in [6, 6.07) is 0.990. The Morgan fingerprint density at radius 3 is 2.30 bits per heavy atom. The van der Waals surface area contributed by atoms with Crippen molar-refractivity contribution in [3.63, 3.8) is 0 Å². The Kier molecular flexibility index (Phi) is 3.77. The van der Waals surface area contributed by atoms with Crippen LogP contribution in [0.5, 0.6) is 5.75 Å². The molecule has 0 radical (unpaired) electrons. The summed E-state index contributed by atoms with van der Waals surface area (Å²) in [7, 11) is -2.82. The zero-order valence-corrected chi connectivity index (χ0v) is 12.2. The van der Waals surface area contributed by atoms with Crippen LogP contribution in [0.4, 0.5) is 8.78 Å². The molecule has 0 aliphatic heterocycles. The van der Waals surface area contributed by atoms with Gasteiger partial charge in [-0.1, -0.05) is 12.8 Å². The van der Waals surface area contributed by atoms with Gasteiger partial charge < -0.3 is 10.5 Å². The highest BCUT2D eigenvalue weighted by molar-refractivity contribution is 7.90. The highest BCUT2D eigenvalue weighted by Gasteiger charge is 2.37. The fraction of sp³-hybridized carbons (Fsp3) is 0.538. The van der Waals surface area contributed by atoms with Crippen LogP contribution in [-0.4, -0.2) is 21.8 Å². The van der Waals surface area contributed by atoms with Crippen LogP contribution >= 0.6 is 0 Å². The average molecular weight is 305 g/mol. The molecule has 1 saturated carbocycles. The molecule has 0 spiro atoms. The van der Waals surface area contributed by atoms with Crippen LogP contribution in [0.15, 0.2) is 11.0 Å². The van der Waals surface area contributed by atoms with E-state index in [0.717, 1.165) is 25.2 Å². The predicted molar refractivity (Wildman–Crippen MR) is 70.4 cm³/mol. The van der Waals surface area contributed by atoms with Gasteiger partial charge in [0.25, 0.3) is 0 Å². The molecular weight excluding hydrogens is 288 g/mol. The molecule has 1 fully saturated rings. The van der Waals surface area contributed by atoms with Crippen LogP contribution in [0.1, 0.15) is 31.2 Å². The molecule has 0 heterocycles. The van der Waals surface area contributed by atoms with E-state index < -0.39 is 31.9 Å². The first-order valence-corrected chi connectivity index (χ1v) is 8.15. The molecule has 0 bridgehead atoms. The molecule has 2 N–H and O–H groups in total. The van der Waals surface area contributed by atoms with Crippen molar-refractivity contribution in [2.24, 2.45) is 5.73 Å². The van der Waals surface area contributed by atoms with Gasteiger partial charge in [0.2, 0.25) is 0 Å². The molecule has 0 saturated heterocycles. The average Bonchev–Trinajstić information content (AvgIpc) is 2.75. The lowest BCUT2D eigenvalue weighted by Gasteiger charge is -2.27. The maximum atomic E-state index is 14.3. The van der Waals surface area contributed by atoms with Gasteiger partial charge in [-0.15, -0.1) is 0 Å². The number of nitrogens with two attached hydrogens (primary N) is 1. The van der Waals surface area contributed by atoms with Crippen molar-refractivity contribution in [3.05, 3.63) is 23.3 Å². The van der Waals surface area contributed by atoms with Gasteiger partial charge in [0.1, 0.15) is 10.7 Å². The lowest BCUT2D eigenvalue weighted by atomic mass is 9.88. The second-order valence-electron chi connectivity index (χ2n) is 5.22. The van der Waals surface area contributed by atoms with Crippen LogP contribution in [0.3, 0.4) is 0 Å². The number of methoxy groups -OCH3 is 1. The molecule has 0 aromatic heterocycles. The normalized spacial score (nSPS) is 18.2. The third-order valence-corrected chi connectivity index (χ3v) is 4.85. The fourth-order valence-electron chi connectivity index (χ4n) is 2.77. The van der Waals surface area contributed by atoms with Crippen molar-refractivity contribution in [1.29, 1.82) is 0 Å². The maximum absolute atomic E-state index is 14.3. The van der Waals surface area contributed by atoms with Crippen LogP contribution in [-0.2, 0) is 15.4 Å². The van der Waals surface area contributed by atoms with E-state index in [9.17, 15) is 17.2 Å². The molecular formula is C13H17F2NO3S. The van der Waals surface area contributed by atoms with Crippen molar-refractivity contribution >= 4 is 9.84 Å². The fourth-order valence-corrected chi connectivity index (χ4v) is 3.60. The van der Waals surface area contributed by atoms with Crippen LogP contribution in [0.25, 0.3) is 0 Å². The van der Waals surface area contributed by atoms with Gasteiger partial charge >= 0.3 is 0 Å². The third-order valence-electron chi connectivity index (χ3n) is 3.74. The Balaban J connectivity index is 2.73. The van der Waals surface area contributed by atoms with Crippen LogP contribution < -0.4 is 10.5 Å². The van der Waals surface area contributed by atoms with Crippen molar-refractivity contribution in [2.75, 3.05) is 13.4 Å². The molecule has 2 rings (SSSR count). The van der Waals surface area contributed by atoms with Gasteiger partial charge in [-0.3, -0.25) is 0 Å². The van der Waals surface area contributed by atoms with E-state index in [2.05, 4.69) is 0 Å². The number of rotatable bonds is 3. The summed E-state index contributed by atoms with van der Waals surface area (Å²) in [5.74, 6) is -2.62. The van der Waals surface area contributed by atoms with Crippen molar-refractivity contribution in [3.8, 4) is 5.75 Å². The Labute approximate surface area is 116 Å². The lowest BCUT2D eigenvalue weighted by molar-refractivity contribution is 0.346. The van der Waals surface area contributed by atoms with Crippen molar-refractivity contribution in [2.45, 2.75) is 36.1 Å². The minimum atomic E-state index is -4.03. The molecule has 112 valence electrons. The molecule has 0 atom stereocenters. The Morgan fingerprint density at radius 2 is 1.85 bits per heavy atom. The van der Waals surface area contributed by atoms with E-state index in [1.165, 1.54) is 7.11 Å². The van der Waals surface area contributed by atoms with E-state index in [1.54, 1.807) is 0 Å². The number of hydrogen-bond acceptors (Lipinski definition) is 4. The summed E-state index contributed by atoms with van der Waals surface area (Å²) in [6.45, 7) is 0. The topological polar surface area (TPSA) is 69.4 Å². The molecule has 1 aromatic rings. The predicted octanol–water partition coefficient (Wildman–Crippen LogP) is 2.10. The number of sulfone groups is 1. The summed E-state index contributed by atoms with van der Waals surface area (Å²) >= 11 is 0. The standard InChI is InChI=1S/C13H17F2NO3S/c1-19-11-8(13(16)5-3-4-6-13)7-9(14)12(10(11)15)20(2,17)18/h7H,3-6,16H2,1-2H3. The highest BCUT2D eigenvalue weighted by Crippen LogP contribution is 2.43. The first-order valence-electron chi connectivity index (χ1n) is 6.26. The molecule has 1 aliphatic rings. The highest BCUT2D eigenvalue weighted by atomic mass is 32.2. The smallest absolute Gasteiger partial charge is 0.186 e. The van der Waals surface area contributed by atoms with Crippen LogP contribution in [0, 0.1) is 11.6 Å². The van der Waals surface area contributed by atoms with Gasteiger partial charge in [-0.2, -0.15) is 0 Å². The van der Waals surface area contributed by atoms with E-state index in [-0.39, 0.29) is 11.3 Å². The Morgan fingerprint density at radius 1 is 1.30 bits per heavy atom. The zero-order chi connectivity index (χ0) is 15.1. The SMILES string of the molecule is COc1c(C2(N)CCCC2)cc(F)c(S(C)(=O)=O)c1F. The minimum absolute atomic E-state index is 0.194. The molecule has 1 aliphatic carbocycles. The lowest BCUT2D eigenvalue weighted by Crippen LogP contribution is -2.34. The second kappa shape index (κ2) is 4.96. The third kappa shape index (κ3) is 2.40. The minimum Gasteiger partial charge on any atom is -0.493 e. The van der Waals surface area contributed by atoms with E-state index >= 15 is 0 Å². The Hall–Kier alpha value is -1.21. The van der Waals surface area contributed by atoms with E-state index in [0.29, 0.717) is 12.8 Å². The summed E-state index contributed by atoms with van der Waals surface area (Å²) in [5.41, 5.74) is 5.51. The number of ether oxygens (including phenoxy) is 1. The largest absolute Gasteiger partial charge is 0.493 e. The van der Waals surface area contributed by atoms with Crippen molar-refractivity contribution < 1.29 is 21.9 Å². The van der Waals surface area contributed by atoms with Gasteiger partial charge in [0.05, 0.1) is 7.11 Å². The maximum Gasteiger partial charge on any atom is 0.186 e. The summed E-state index contributed by atoms with van der Waals surface area (Å²) in [4.78, 5) is -0.973. The number of hydrogen-bond donors (Lipinski definition) is 1.